The number of amides is 1. The number of nitrogens with zero attached hydrogens (tertiary/aromatic N) is 1. The van der Waals surface area contributed by atoms with Crippen LogP contribution < -0.4 is 5.32 Å². The molecule has 0 spiro atoms. The third-order valence-corrected chi connectivity index (χ3v) is 4.91. The predicted molar refractivity (Wildman–Crippen MR) is 96.0 cm³/mol. The number of aryl methyl sites for hydroxylation is 1. The van der Waals surface area contributed by atoms with Gasteiger partial charge in [-0.05, 0) is 43.4 Å². The van der Waals surface area contributed by atoms with Crippen LogP contribution in [0.15, 0.2) is 30.6 Å². The van der Waals surface area contributed by atoms with Gasteiger partial charge in [0.15, 0.2) is 0 Å². The molecule has 1 saturated heterocycles. The summed E-state index contributed by atoms with van der Waals surface area (Å²) in [5.41, 5.74) is 3.74. The number of nitrogens with one attached hydrogen (secondary N) is 1. The van der Waals surface area contributed by atoms with Gasteiger partial charge >= 0.3 is 0 Å². The van der Waals surface area contributed by atoms with Gasteiger partial charge in [-0.25, -0.2) is 0 Å². The highest BCUT2D eigenvalue weighted by Crippen LogP contribution is 2.31. The second-order valence-electron chi connectivity index (χ2n) is 6.63. The van der Waals surface area contributed by atoms with Gasteiger partial charge in [0.25, 0.3) is 0 Å². The molecule has 23 heavy (non-hydrogen) atoms. The second-order valence-corrected chi connectivity index (χ2v) is 6.63. The summed E-state index contributed by atoms with van der Waals surface area (Å²) >= 11 is 0. The van der Waals surface area contributed by atoms with E-state index in [2.05, 4.69) is 57.8 Å². The minimum Gasteiger partial charge on any atom is -0.365 e. The first kappa shape index (κ1) is 17.6. The highest BCUT2D eigenvalue weighted by Gasteiger charge is 2.33. The molecule has 1 aliphatic rings. The molecular weight excluding hydrogens is 284 g/mol. The number of carbonyl (C=O) groups is 1. The van der Waals surface area contributed by atoms with E-state index >= 15 is 0 Å². The lowest BCUT2D eigenvalue weighted by molar-refractivity contribution is -0.134. The standard InChI is InChI=1S/C20H30N2O/c1-6-9-17(10-7-2)22-16(5)21-19(13-20(22)23)18-12-8-11-14(3)15(18)4/h8,11-12,17,19,21H,5-7,9-10,13H2,1-4H3. The maximum absolute atomic E-state index is 12.8. The maximum atomic E-state index is 12.8. The minimum absolute atomic E-state index is 0.0371. The van der Waals surface area contributed by atoms with Crippen molar-refractivity contribution in [2.24, 2.45) is 0 Å². The third kappa shape index (κ3) is 3.77. The number of rotatable bonds is 6. The minimum atomic E-state index is 0.0371. The van der Waals surface area contributed by atoms with E-state index in [1.54, 1.807) is 0 Å². The molecule has 0 aromatic heterocycles. The summed E-state index contributed by atoms with van der Waals surface area (Å²) in [6, 6.07) is 6.61. The molecule has 126 valence electrons. The van der Waals surface area contributed by atoms with Gasteiger partial charge in [-0.2, -0.15) is 0 Å². The summed E-state index contributed by atoms with van der Waals surface area (Å²) in [5, 5.41) is 3.49. The Hall–Kier alpha value is -1.77. The molecule has 0 aliphatic carbocycles. The lowest BCUT2D eigenvalue weighted by Crippen LogP contribution is -2.49. The molecule has 1 fully saturated rings. The number of benzene rings is 1. The van der Waals surface area contributed by atoms with Crippen molar-refractivity contribution in [2.75, 3.05) is 0 Å². The first-order valence-electron chi connectivity index (χ1n) is 8.83. The smallest absolute Gasteiger partial charge is 0.230 e. The maximum Gasteiger partial charge on any atom is 0.230 e. The van der Waals surface area contributed by atoms with Crippen LogP contribution in [0.25, 0.3) is 0 Å². The first-order chi connectivity index (χ1) is 11.0. The van der Waals surface area contributed by atoms with Crippen LogP contribution in [0.4, 0.5) is 0 Å². The number of hydrogen-bond donors (Lipinski definition) is 1. The van der Waals surface area contributed by atoms with Crippen LogP contribution in [0.2, 0.25) is 0 Å². The van der Waals surface area contributed by atoms with Crippen molar-refractivity contribution in [1.29, 1.82) is 0 Å². The Morgan fingerprint density at radius 2 is 1.91 bits per heavy atom. The molecule has 0 saturated carbocycles. The third-order valence-electron chi connectivity index (χ3n) is 4.91. The van der Waals surface area contributed by atoms with E-state index < -0.39 is 0 Å². The summed E-state index contributed by atoms with van der Waals surface area (Å²) in [6.07, 6.45) is 4.75. The molecule has 1 aromatic rings. The summed E-state index contributed by atoms with van der Waals surface area (Å²) in [5.74, 6) is 0.964. The fourth-order valence-corrected chi connectivity index (χ4v) is 3.58. The Kier molecular flexibility index (Phi) is 5.86. The zero-order chi connectivity index (χ0) is 17.0. The van der Waals surface area contributed by atoms with Gasteiger partial charge in [-0.3, -0.25) is 9.69 Å². The molecule has 1 aromatic carbocycles. The molecule has 2 rings (SSSR count). The zero-order valence-corrected chi connectivity index (χ0v) is 15.0. The highest BCUT2D eigenvalue weighted by molar-refractivity contribution is 5.80. The molecule has 3 nitrogen and oxygen atoms in total. The Bertz CT molecular complexity index is 555. The van der Waals surface area contributed by atoms with Crippen molar-refractivity contribution in [3.8, 4) is 0 Å². The average molecular weight is 314 g/mol. The van der Waals surface area contributed by atoms with Gasteiger partial charge < -0.3 is 5.32 Å². The number of carbonyl (C=O) groups excluding carboxylic acids is 1. The van der Waals surface area contributed by atoms with Gasteiger partial charge in [0.1, 0.15) is 5.82 Å². The van der Waals surface area contributed by atoms with E-state index in [-0.39, 0.29) is 18.0 Å². The van der Waals surface area contributed by atoms with Crippen molar-refractivity contribution in [3.05, 3.63) is 47.3 Å². The Morgan fingerprint density at radius 3 is 2.48 bits per heavy atom. The van der Waals surface area contributed by atoms with E-state index in [0.29, 0.717) is 6.42 Å². The SMILES string of the molecule is C=C1NC(c2cccc(C)c2C)CC(=O)N1C(CCC)CCC. The molecule has 1 aliphatic heterocycles. The quantitative estimate of drug-likeness (QED) is 0.832. The van der Waals surface area contributed by atoms with E-state index in [1.807, 2.05) is 4.90 Å². The Labute approximate surface area is 140 Å². The van der Waals surface area contributed by atoms with E-state index in [0.717, 1.165) is 31.5 Å². The topological polar surface area (TPSA) is 32.3 Å². The van der Waals surface area contributed by atoms with Crippen LogP contribution in [0.3, 0.4) is 0 Å². The van der Waals surface area contributed by atoms with Crippen LogP contribution in [0.5, 0.6) is 0 Å². The Balaban J connectivity index is 2.20. The predicted octanol–water partition coefficient (Wildman–Crippen LogP) is 4.61. The van der Waals surface area contributed by atoms with Gasteiger partial charge in [0, 0.05) is 6.04 Å². The van der Waals surface area contributed by atoms with Gasteiger partial charge in [0.2, 0.25) is 5.91 Å². The molecule has 1 N–H and O–H groups in total. The van der Waals surface area contributed by atoms with Crippen molar-refractivity contribution < 1.29 is 4.79 Å². The molecule has 0 radical (unpaired) electrons. The largest absolute Gasteiger partial charge is 0.365 e. The molecule has 1 amide bonds. The highest BCUT2D eigenvalue weighted by atomic mass is 16.2. The molecule has 0 bridgehead atoms. The first-order valence-corrected chi connectivity index (χ1v) is 8.83. The van der Waals surface area contributed by atoms with Crippen molar-refractivity contribution >= 4 is 5.91 Å². The van der Waals surface area contributed by atoms with Crippen molar-refractivity contribution in [1.82, 2.24) is 10.2 Å². The lowest BCUT2D eigenvalue weighted by Gasteiger charge is -2.40. The fourth-order valence-electron chi connectivity index (χ4n) is 3.58. The summed E-state index contributed by atoms with van der Waals surface area (Å²) < 4.78 is 0. The lowest BCUT2D eigenvalue weighted by atomic mass is 9.93. The van der Waals surface area contributed by atoms with E-state index in [1.165, 1.54) is 16.7 Å². The van der Waals surface area contributed by atoms with E-state index in [9.17, 15) is 4.79 Å². The normalized spacial score (nSPS) is 18.5. The molecule has 3 heteroatoms. The molecule has 1 heterocycles. The zero-order valence-electron chi connectivity index (χ0n) is 15.0. The van der Waals surface area contributed by atoms with Crippen LogP contribution in [-0.4, -0.2) is 16.8 Å². The van der Waals surface area contributed by atoms with Crippen LogP contribution in [-0.2, 0) is 4.79 Å². The molecule has 1 atom stereocenters. The summed E-state index contributed by atoms with van der Waals surface area (Å²) in [7, 11) is 0. The summed E-state index contributed by atoms with van der Waals surface area (Å²) in [4.78, 5) is 14.7. The van der Waals surface area contributed by atoms with Gasteiger partial charge in [-0.15, -0.1) is 0 Å². The van der Waals surface area contributed by atoms with Crippen molar-refractivity contribution in [3.63, 3.8) is 0 Å². The summed E-state index contributed by atoms with van der Waals surface area (Å²) in [6.45, 7) is 12.7. The monoisotopic (exact) mass is 314 g/mol. The molecular formula is C20H30N2O. The van der Waals surface area contributed by atoms with E-state index in [4.69, 9.17) is 0 Å². The average Bonchev–Trinajstić information content (AvgIpc) is 2.49. The Morgan fingerprint density at radius 1 is 1.26 bits per heavy atom. The van der Waals surface area contributed by atoms with Crippen LogP contribution >= 0.6 is 0 Å². The van der Waals surface area contributed by atoms with Crippen LogP contribution in [0.1, 0.15) is 68.7 Å². The molecule has 1 unspecified atom stereocenters. The second kappa shape index (κ2) is 7.67. The van der Waals surface area contributed by atoms with Gasteiger partial charge in [0.05, 0.1) is 12.5 Å². The number of hydrogen-bond acceptors (Lipinski definition) is 2. The van der Waals surface area contributed by atoms with Crippen molar-refractivity contribution in [2.45, 2.75) is 71.9 Å². The van der Waals surface area contributed by atoms with Crippen LogP contribution in [0, 0.1) is 13.8 Å². The fraction of sp³-hybridized carbons (Fsp3) is 0.550. The van der Waals surface area contributed by atoms with Gasteiger partial charge in [-0.1, -0.05) is 51.5 Å².